The van der Waals surface area contributed by atoms with Crippen molar-refractivity contribution >= 4 is 0 Å². The molecule has 18 heavy (non-hydrogen) atoms. The van der Waals surface area contributed by atoms with Crippen molar-refractivity contribution in [1.29, 1.82) is 0 Å². The van der Waals surface area contributed by atoms with E-state index in [1.807, 2.05) is 26.0 Å². The minimum absolute atomic E-state index is 0.141. The molecule has 1 aromatic rings. The van der Waals surface area contributed by atoms with E-state index >= 15 is 0 Å². The Bertz CT molecular complexity index is 335. The van der Waals surface area contributed by atoms with Gasteiger partial charge < -0.3 is 14.8 Å². The van der Waals surface area contributed by atoms with E-state index in [4.69, 9.17) is 9.47 Å². The number of likely N-dealkylation sites (N-methyl/N-ethyl adjacent to an activating group) is 1. The topological polar surface area (TPSA) is 30.5 Å². The van der Waals surface area contributed by atoms with Crippen LogP contribution in [0.4, 0.5) is 0 Å². The first-order valence-corrected chi connectivity index (χ1v) is 6.61. The maximum Gasteiger partial charge on any atom is 0.119 e. The summed E-state index contributed by atoms with van der Waals surface area (Å²) in [4.78, 5) is 0. The van der Waals surface area contributed by atoms with Crippen LogP contribution in [-0.4, -0.2) is 25.9 Å². The fraction of sp³-hybridized carbons (Fsp3) is 0.600. The molecule has 0 saturated heterocycles. The van der Waals surface area contributed by atoms with Crippen LogP contribution < -0.4 is 10.1 Å². The molecule has 0 bridgehead atoms. The van der Waals surface area contributed by atoms with E-state index in [1.54, 1.807) is 7.11 Å². The summed E-state index contributed by atoms with van der Waals surface area (Å²) in [6, 6.07) is 8.44. The van der Waals surface area contributed by atoms with Gasteiger partial charge in [-0.3, -0.25) is 0 Å². The second kappa shape index (κ2) is 7.39. The fourth-order valence-corrected chi connectivity index (χ4v) is 1.94. The monoisotopic (exact) mass is 251 g/mol. The summed E-state index contributed by atoms with van der Waals surface area (Å²) < 4.78 is 11.1. The van der Waals surface area contributed by atoms with Gasteiger partial charge in [-0.05, 0) is 45.0 Å². The van der Waals surface area contributed by atoms with Crippen molar-refractivity contribution in [3.8, 4) is 5.75 Å². The van der Waals surface area contributed by atoms with E-state index in [2.05, 4.69) is 31.3 Å². The molecule has 0 aliphatic rings. The molecule has 1 rings (SSSR count). The second-order valence-electron chi connectivity index (χ2n) is 4.71. The van der Waals surface area contributed by atoms with Crippen LogP contribution in [0.5, 0.6) is 5.75 Å². The molecule has 0 amide bonds. The van der Waals surface area contributed by atoms with Crippen LogP contribution in [0, 0.1) is 0 Å². The van der Waals surface area contributed by atoms with Crippen LogP contribution in [-0.2, 0) is 4.74 Å². The number of benzene rings is 1. The minimum atomic E-state index is 0.141. The average Bonchev–Trinajstić information content (AvgIpc) is 2.35. The molecule has 1 N–H and O–H groups in total. The summed E-state index contributed by atoms with van der Waals surface area (Å²) in [6.07, 6.45) is 0.347. The molecule has 0 radical (unpaired) electrons. The summed E-state index contributed by atoms with van der Waals surface area (Å²) in [5, 5.41) is 3.44. The number of methoxy groups -OCH3 is 1. The van der Waals surface area contributed by atoms with Gasteiger partial charge in [-0.25, -0.2) is 0 Å². The van der Waals surface area contributed by atoms with Gasteiger partial charge in [-0.15, -0.1) is 0 Å². The summed E-state index contributed by atoms with van der Waals surface area (Å²) in [5.41, 5.74) is 1.22. The Balaban J connectivity index is 2.79. The van der Waals surface area contributed by atoms with Crippen molar-refractivity contribution in [2.45, 2.75) is 45.9 Å². The highest BCUT2D eigenvalue weighted by atomic mass is 16.5. The summed E-state index contributed by atoms with van der Waals surface area (Å²) in [5.74, 6) is 0.911. The van der Waals surface area contributed by atoms with Crippen LogP contribution in [0.3, 0.4) is 0 Å². The van der Waals surface area contributed by atoms with Gasteiger partial charge in [-0.1, -0.05) is 19.1 Å². The molecule has 3 heteroatoms. The molecule has 0 heterocycles. The Morgan fingerprint density at radius 1 is 1.11 bits per heavy atom. The first-order valence-electron chi connectivity index (χ1n) is 6.61. The van der Waals surface area contributed by atoms with E-state index in [-0.39, 0.29) is 18.2 Å². The number of hydrogen-bond acceptors (Lipinski definition) is 3. The zero-order valence-corrected chi connectivity index (χ0v) is 12.1. The van der Waals surface area contributed by atoms with Crippen LogP contribution >= 0.6 is 0 Å². The maximum absolute atomic E-state index is 5.64. The molecule has 0 aliphatic heterocycles. The highest BCUT2D eigenvalue weighted by molar-refractivity contribution is 5.29. The molecule has 0 aliphatic carbocycles. The average molecular weight is 251 g/mol. The van der Waals surface area contributed by atoms with E-state index in [1.165, 1.54) is 5.56 Å². The molecular weight excluding hydrogens is 226 g/mol. The number of ether oxygens (including phenoxy) is 2. The maximum atomic E-state index is 5.64. The molecule has 0 saturated carbocycles. The third-order valence-corrected chi connectivity index (χ3v) is 2.88. The van der Waals surface area contributed by atoms with Crippen molar-refractivity contribution < 1.29 is 9.47 Å². The third kappa shape index (κ3) is 4.31. The Labute approximate surface area is 110 Å². The van der Waals surface area contributed by atoms with Gasteiger partial charge in [0, 0.05) is 7.11 Å². The van der Waals surface area contributed by atoms with Gasteiger partial charge in [0.15, 0.2) is 0 Å². The SMILES string of the molecule is CCNC(c1ccc(OC(C)C)cc1)C(C)OC. The largest absolute Gasteiger partial charge is 0.491 e. The van der Waals surface area contributed by atoms with Gasteiger partial charge in [0.25, 0.3) is 0 Å². The van der Waals surface area contributed by atoms with Crippen LogP contribution in [0.25, 0.3) is 0 Å². The predicted octanol–water partition coefficient (Wildman–Crippen LogP) is 3.16. The lowest BCUT2D eigenvalue weighted by Gasteiger charge is -2.24. The predicted molar refractivity (Wildman–Crippen MR) is 75.1 cm³/mol. The zero-order chi connectivity index (χ0) is 13.5. The number of nitrogens with one attached hydrogen (secondary N) is 1. The van der Waals surface area contributed by atoms with Gasteiger partial charge in [-0.2, -0.15) is 0 Å². The van der Waals surface area contributed by atoms with E-state index in [9.17, 15) is 0 Å². The molecular formula is C15H25NO2. The highest BCUT2D eigenvalue weighted by Gasteiger charge is 2.17. The van der Waals surface area contributed by atoms with Crippen molar-refractivity contribution in [2.24, 2.45) is 0 Å². The Hall–Kier alpha value is -1.06. The van der Waals surface area contributed by atoms with Gasteiger partial charge in [0.1, 0.15) is 5.75 Å². The molecule has 0 spiro atoms. The molecule has 102 valence electrons. The third-order valence-electron chi connectivity index (χ3n) is 2.88. The lowest BCUT2D eigenvalue weighted by atomic mass is 10.0. The fourth-order valence-electron chi connectivity index (χ4n) is 1.94. The standard InChI is InChI=1S/C15H25NO2/c1-6-16-15(12(4)17-5)13-7-9-14(10-8-13)18-11(2)3/h7-12,15-16H,6H2,1-5H3. The van der Waals surface area contributed by atoms with Crippen LogP contribution in [0.2, 0.25) is 0 Å². The summed E-state index contributed by atoms with van der Waals surface area (Å²) in [7, 11) is 1.74. The van der Waals surface area contributed by atoms with Crippen LogP contribution in [0.15, 0.2) is 24.3 Å². The highest BCUT2D eigenvalue weighted by Crippen LogP contribution is 2.22. The van der Waals surface area contributed by atoms with Gasteiger partial charge in [0.05, 0.1) is 18.2 Å². The summed E-state index contributed by atoms with van der Waals surface area (Å²) >= 11 is 0. The number of hydrogen-bond donors (Lipinski definition) is 1. The molecule has 2 unspecified atom stereocenters. The first-order chi connectivity index (χ1) is 8.58. The van der Waals surface area contributed by atoms with Crippen molar-refractivity contribution in [3.63, 3.8) is 0 Å². The van der Waals surface area contributed by atoms with Gasteiger partial charge >= 0.3 is 0 Å². The lowest BCUT2D eigenvalue weighted by Crippen LogP contribution is -2.31. The smallest absolute Gasteiger partial charge is 0.119 e. The Morgan fingerprint density at radius 3 is 2.17 bits per heavy atom. The zero-order valence-electron chi connectivity index (χ0n) is 12.1. The van der Waals surface area contributed by atoms with E-state index < -0.39 is 0 Å². The van der Waals surface area contributed by atoms with E-state index in [0.717, 1.165) is 12.3 Å². The Kier molecular flexibility index (Phi) is 6.16. The Morgan fingerprint density at radius 2 is 1.72 bits per heavy atom. The molecule has 1 aromatic carbocycles. The summed E-state index contributed by atoms with van der Waals surface area (Å²) in [6.45, 7) is 9.16. The molecule has 2 atom stereocenters. The van der Waals surface area contributed by atoms with E-state index in [0.29, 0.717) is 0 Å². The van der Waals surface area contributed by atoms with Gasteiger partial charge in [0.2, 0.25) is 0 Å². The minimum Gasteiger partial charge on any atom is -0.491 e. The van der Waals surface area contributed by atoms with Crippen molar-refractivity contribution in [1.82, 2.24) is 5.32 Å². The van der Waals surface area contributed by atoms with Crippen molar-refractivity contribution in [2.75, 3.05) is 13.7 Å². The first kappa shape index (κ1) is 15.0. The normalized spacial score (nSPS) is 14.6. The van der Waals surface area contributed by atoms with Crippen molar-refractivity contribution in [3.05, 3.63) is 29.8 Å². The second-order valence-corrected chi connectivity index (χ2v) is 4.71. The molecule has 3 nitrogen and oxygen atoms in total. The molecule has 0 aromatic heterocycles. The lowest BCUT2D eigenvalue weighted by molar-refractivity contribution is 0.0835. The van der Waals surface area contributed by atoms with Crippen LogP contribution in [0.1, 0.15) is 39.3 Å². The molecule has 0 fully saturated rings. The number of rotatable bonds is 7. The quantitative estimate of drug-likeness (QED) is 0.807.